The van der Waals surface area contributed by atoms with Gasteiger partial charge >= 0.3 is 0 Å². The second-order valence-corrected chi connectivity index (χ2v) is 9.42. The van der Waals surface area contributed by atoms with Crippen LogP contribution in [-0.2, 0) is 0 Å². The lowest BCUT2D eigenvalue weighted by Gasteiger charge is -2.30. The zero-order valence-electron chi connectivity index (χ0n) is 17.4. The van der Waals surface area contributed by atoms with Crippen molar-refractivity contribution in [1.29, 1.82) is 0 Å². The Hall–Kier alpha value is -2.32. The molecule has 1 aliphatic carbocycles. The van der Waals surface area contributed by atoms with Crippen LogP contribution in [0.4, 0.5) is 5.69 Å². The molecule has 2 heterocycles. The van der Waals surface area contributed by atoms with Crippen molar-refractivity contribution in [3.8, 4) is 0 Å². The van der Waals surface area contributed by atoms with E-state index in [0.717, 1.165) is 49.8 Å². The summed E-state index contributed by atoms with van der Waals surface area (Å²) in [6.07, 6.45) is 5.79. The topological polar surface area (TPSA) is 87.2 Å². The normalized spacial score (nSPS) is 19.4. The van der Waals surface area contributed by atoms with Crippen molar-refractivity contribution >= 4 is 28.8 Å². The van der Waals surface area contributed by atoms with Crippen LogP contribution >= 0.6 is 11.3 Å². The van der Waals surface area contributed by atoms with E-state index >= 15 is 0 Å². The predicted molar refractivity (Wildman–Crippen MR) is 118 cm³/mol. The van der Waals surface area contributed by atoms with Crippen molar-refractivity contribution in [3.63, 3.8) is 0 Å². The van der Waals surface area contributed by atoms with E-state index in [1.165, 1.54) is 24.2 Å². The molecule has 1 aromatic heterocycles. The fraction of sp³-hybridized carbons (Fsp3) is 0.545. The summed E-state index contributed by atoms with van der Waals surface area (Å²) < 4.78 is 0. The number of amides is 2. The Morgan fingerprint density at radius 3 is 2.87 bits per heavy atom. The van der Waals surface area contributed by atoms with E-state index in [-0.39, 0.29) is 11.8 Å². The number of rotatable bonds is 8. The van der Waals surface area contributed by atoms with Gasteiger partial charge in [-0.3, -0.25) is 9.59 Å². The molecular weight excluding hydrogens is 398 g/mol. The maximum Gasteiger partial charge on any atom is 0.286 e. The van der Waals surface area contributed by atoms with Crippen LogP contribution < -0.4 is 10.6 Å². The highest BCUT2D eigenvalue weighted by atomic mass is 32.1. The lowest BCUT2D eigenvalue weighted by Crippen LogP contribution is -2.36. The van der Waals surface area contributed by atoms with Gasteiger partial charge in [0.1, 0.15) is 5.01 Å². The van der Waals surface area contributed by atoms with Crippen molar-refractivity contribution < 1.29 is 9.59 Å². The molecule has 0 radical (unpaired) electrons. The van der Waals surface area contributed by atoms with E-state index in [1.807, 2.05) is 0 Å². The number of carbonyl (C=O) groups excluding carboxylic acids is 2. The van der Waals surface area contributed by atoms with Crippen molar-refractivity contribution in [2.45, 2.75) is 44.9 Å². The molecule has 1 saturated heterocycles. The molecule has 30 heavy (non-hydrogen) atoms. The van der Waals surface area contributed by atoms with Crippen molar-refractivity contribution in [3.05, 3.63) is 39.8 Å². The summed E-state index contributed by atoms with van der Waals surface area (Å²) in [6, 6.07) is 7.00. The molecule has 160 valence electrons. The zero-order chi connectivity index (χ0) is 20.9. The summed E-state index contributed by atoms with van der Waals surface area (Å²) in [5.41, 5.74) is 1.12. The number of benzene rings is 1. The van der Waals surface area contributed by atoms with Crippen LogP contribution in [0.5, 0.6) is 0 Å². The van der Waals surface area contributed by atoms with Crippen LogP contribution in [0.1, 0.15) is 70.1 Å². The number of nitrogens with zero attached hydrogens (tertiary/aromatic N) is 3. The minimum atomic E-state index is -0.285. The van der Waals surface area contributed by atoms with Crippen LogP contribution in [0.2, 0.25) is 0 Å². The van der Waals surface area contributed by atoms with Gasteiger partial charge in [0.15, 0.2) is 0 Å². The fourth-order valence-electron chi connectivity index (χ4n) is 3.84. The Kier molecular flexibility index (Phi) is 6.74. The summed E-state index contributed by atoms with van der Waals surface area (Å²) in [4.78, 5) is 27.4. The molecule has 1 atom stereocenters. The van der Waals surface area contributed by atoms with E-state index in [9.17, 15) is 9.59 Å². The first-order valence-corrected chi connectivity index (χ1v) is 11.7. The van der Waals surface area contributed by atoms with Crippen molar-refractivity contribution in [1.82, 2.24) is 20.4 Å². The molecule has 0 spiro atoms. The SMILES string of the molecule is CC1CCCN(CCCNC(=O)c2cccc(NC(=O)c3nnc(C4CC4)s3)c2)C1. The quantitative estimate of drug-likeness (QED) is 0.630. The molecule has 8 heteroatoms. The maximum atomic E-state index is 12.5. The molecule has 1 aromatic carbocycles. The van der Waals surface area contributed by atoms with Gasteiger partial charge in [0.2, 0.25) is 5.01 Å². The minimum Gasteiger partial charge on any atom is -0.352 e. The molecule has 1 unspecified atom stereocenters. The minimum absolute atomic E-state index is 0.120. The Balaban J connectivity index is 1.24. The van der Waals surface area contributed by atoms with Crippen molar-refractivity contribution in [2.24, 2.45) is 5.92 Å². The third-order valence-electron chi connectivity index (χ3n) is 5.62. The van der Waals surface area contributed by atoms with Crippen LogP contribution in [0.3, 0.4) is 0 Å². The zero-order valence-corrected chi connectivity index (χ0v) is 18.2. The molecule has 2 aromatic rings. The Morgan fingerprint density at radius 1 is 1.20 bits per heavy atom. The molecule has 2 fully saturated rings. The lowest BCUT2D eigenvalue weighted by atomic mass is 10.0. The summed E-state index contributed by atoms with van der Waals surface area (Å²) >= 11 is 1.35. The Labute approximate surface area is 181 Å². The number of piperidine rings is 1. The second kappa shape index (κ2) is 9.66. The molecule has 1 saturated carbocycles. The number of hydrogen-bond acceptors (Lipinski definition) is 6. The first kappa shape index (κ1) is 20.9. The molecule has 0 bridgehead atoms. The van der Waals surface area contributed by atoms with Gasteiger partial charge in [0.25, 0.3) is 11.8 Å². The summed E-state index contributed by atoms with van der Waals surface area (Å²) in [6.45, 7) is 6.29. The third kappa shape index (κ3) is 5.64. The standard InChI is InChI=1S/C22H29N5O2S/c1-15-5-3-11-27(14-15)12-4-10-23-19(28)17-6-2-7-18(13-17)24-20(29)22-26-25-21(30-22)16-8-9-16/h2,6-7,13,15-16H,3-5,8-12,14H2,1H3,(H,23,28)(H,24,29). The molecule has 4 rings (SSSR count). The largest absolute Gasteiger partial charge is 0.352 e. The van der Waals surface area contributed by atoms with Gasteiger partial charge in [-0.25, -0.2) is 0 Å². The van der Waals surface area contributed by atoms with Crippen molar-refractivity contribution in [2.75, 3.05) is 31.5 Å². The average molecular weight is 428 g/mol. The Bertz CT molecular complexity index is 895. The first-order valence-electron chi connectivity index (χ1n) is 10.8. The molecule has 2 amide bonds. The molecule has 7 nitrogen and oxygen atoms in total. The summed E-state index contributed by atoms with van der Waals surface area (Å²) in [5.74, 6) is 0.846. The number of carbonyl (C=O) groups is 2. The van der Waals surface area contributed by atoms with Crippen LogP contribution in [0.25, 0.3) is 0 Å². The fourth-order valence-corrected chi connectivity index (χ4v) is 4.75. The van der Waals surface area contributed by atoms with Gasteiger partial charge in [-0.15, -0.1) is 10.2 Å². The van der Waals surface area contributed by atoms with Gasteiger partial charge in [-0.2, -0.15) is 0 Å². The monoisotopic (exact) mass is 427 g/mol. The average Bonchev–Trinajstić information content (AvgIpc) is 3.47. The summed E-state index contributed by atoms with van der Waals surface area (Å²) in [7, 11) is 0. The van der Waals surface area contributed by atoms with Gasteiger partial charge in [-0.1, -0.05) is 24.3 Å². The molecule has 2 N–H and O–H groups in total. The lowest BCUT2D eigenvalue weighted by molar-refractivity contribution is 0.0948. The number of hydrogen-bond donors (Lipinski definition) is 2. The van der Waals surface area contributed by atoms with E-state index in [0.29, 0.717) is 28.7 Å². The highest BCUT2D eigenvalue weighted by Crippen LogP contribution is 2.41. The van der Waals surface area contributed by atoms with Crippen LogP contribution in [0, 0.1) is 5.92 Å². The van der Waals surface area contributed by atoms with Gasteiger partial charge in [0, 0.05) is 30.3 Å². The molecule has 2 aliphatic rings. The van der Waals surface area contributed by atoms with Gasteiger partial charge in [-0.05, 0) is 69.3 Å². The van der Waals surface area contributed by atoms with Gasteiger partial charge in [0.05, 0.1) is 0 Å². The Morgan fingerprint density at radius 2 is 2.07 bits per heavy atom. The van der Waals surface area contributed by atoms with E-state index in [4.69, 9.17) is 0 Å². The number of anilines is 1. The second-order valence-electron chi connectivity index (χ2n) is 8.41. The number of likely N-dealkylation sites (tertiary alicyclic amines) is 1. The first-order chi connectivity index (χ1) is 14.6. The van der Waals surface area contributed by atoms with E-state index < -0.39 is 0 Å². The smallest absolute Gasteiger partial charge is 0.286 e. The highest BCUT2D eigenvalue weighted by Gasteiger charge is 2.28. The molecule has 1 aliphatic heterocycles. The third-order valence-corrected chi connectivity index (χ3v) is 6.71. The van der Waals surface area contributed by atoms with E-state index in [2.05, 4.69) is 32.7 Å². The van der Waals surface area contributed by atoms with E-state index in [1.54, 1.807) is 24.3 Å². The van der Waals surface area contributed by atoms with Crippen LogP contribution in [0.15, 0.2) is 24.3 Å². The molecular formula is C22H29N5O2S. The number of aromatic nitrogens is 2. The summed E-state index contributed by atoms with van der Waals surface area (Å²) in [5, 5.41) is 15.2. The van der Waals surface area contributed by atoms with Gasteiger partial charge < -0.3 is 15.5 Å². The predicted octanol–water partition coefficient (Wildman–Crippen LogP) is 3.52. The maximum absolute atomic E-state index is 12.5. The van der Waals surface area contributed by atoms with Crippen LogP contribution in [-0.4, -0.2) is 53.1 Å². The number of nitrogens with one attached hydrogen (secondary N) is 2. The highest BCUT2D eigenvalue weighted by molar-refractivity contribution is 7.13.